The zero-order valence-electron chi connectivity index (χ0n) is 20.1. The number of amides is 1. The standard InChI is InChI=1S/C28H24N2O5S/c1-32-21-10-8-19(26(15-21)34-3)16-30(27(31)22-6-4-5-7-24(22)33-2)28-29-23-14-18(9-11-25(23)35-28)20-12-13-36-17-20/h4-15,17H,16H2,1-3H3. The maximum atomic E-state index is 13.9. The molecule has 5 aromatic rings. The number of carbonyl (C=O) groups excluding carboxylic acids is 1. The number of ether oxygens (including phenoxy) is 3. The number of thiophene rings is 1. The number of hydrogen-bond donors (Lipinski definition) is 0. The number of hydrogen-bond acceptors (Lipinski definition) is 7. The van der Waals surface area contributed by atoms with Gasteiger partial charge in [-0.3, -0.25) is 9.69 Å². The second kappa shape index (κ2) is 10.1. The molecule has 0 aliphatic rings. The van der Waals surface area contributed by atoms with E-state index in [0.717, 1.165) is 16.7 Å². The van der Waals surface area contributed by atoms with E-state index in [9.17, 15) is 4.79 Å². The third-order valence-electron chi connectivity index (χ3n) is 5.87. The Hall–Kier alpha value is -4.30. The monoisotopic (exact) mass is 500 g/mol. The first kappa shape index (κ1) is 23.4. The van der Waals surface area contributed by atoms with Crippen molar-refractivity contribution in [1.29, 1.82) is 0 Å². The molecular weight excluding hydrogens is 476 g/mol. The van der Waals surface area contributed by atoms with Crippen molar-refractivity contribution in [3.8, 4) is 28.4 Å². The van der Waals surface area contributed by atoms with Crippen molar-refractivity contribution in [3.63, 3.8) is 0 Å². The maximum absolute atomic E-state index is 13.9. The Bertz CT molecular complexity index is 1510. The highest BCUT2D eigenvalue weighted by atomic mass is 32.1. The fraction of sp³-hybridized carbons (Fsp3) is 0.143. The molecule has 3 aromatic carbocycles. The van der Waals surface area contributed by atoms with Gasteiger partial charge in [0.15, 0.2) is 5.58 Å². The predicted octanol–water partition coefficient (Wildman–Crippen LogP) is 6.43. The summed E-state index contributed by atoms with van der Waals surface area (Å²) in [6.45, 7) is 0.161. The molecular formula is C28H24N2O5S. The third kappa shape index (κ3) is 4.50. The molecule has 182 valence electrons. The molecule has 0 saturated heterocycles. The minimum atomic E-state index is -0.310. The summed E-state index contributed by atoms with van der Waals surface area (Å²) in [4.78, 5) is 20.1. The Morgan fingerprint density at radius 2 is 1.75 bits per heavy atom. The second-order valence-electron chi connectivity index (χ2n) is 7.96. The van der Waals surface area contributed by atoms with Crippen LogP contribution in [0.1, 0.15) is 15.9 Å². The van der Waals surface area contributed by atoms with E-state index < -0.39 is 0 Å². The molecule has 0 bridgehead atoms. The molecule has 36 heavy (non-hydrogen) atoms. The maximum Gasteiger partial charge on any atom is 0.305 e. The number of rotatable bonds is 8. The van der Waals surface area contributed by atoms with Crippen molar-refractivity contribution >= 4 is 34.4 Å². The molecule has 0 radical (unpaired) electrons. The van der Waals surface area contributed by atoms with Gasteiger partial charge in [0.05, 0.1) is 33.4 Å². The number of fused-ring (bicyclic) bond motifs is 1. The number of carbonyl (C=O) groups is 1. The van der Waals surface area contributed by atoms with Crippen LogP contribution in [0.15, 0.2) is 81.9 Å². The second-order valence-corrected chi connectivity index (χ2v) is 8.74. The lowest BCUT2D eigenvalue weighted by Gasteiger charge is -2.21. The molecule has 5 rings (SSSR count). The van der Waals surface area contributed by atoms with Crippen LogP contribution in [0.3, 0.4) is 0 Å². The smallest absolute Gasteiger partial charge is 0.305 e. The van der Waals surface area contributed by atoms with Crippen molar-refractivity contribution in [2.24, 2.45) is 0 Å². The van der Waals surface area contributed by atoms with Gasteiger partial charge in [-0.2, -0.15) is 16.3 Å². The van der Waals surface area contributed by atoms with Crippen LogP contribution < -0.4 is 19.1 Å². The summed E-state index contributed by atoms with van der Waals surface area (Å²) in [5.74, 6) is 1.39. The fourth-order valence-electron chi connectivity index (χ4n) is 3.98. The summed E-state index contributed by atoms with van der Waals surface area (Å²) < 4.78 is 22.5. The van der Waals surface area contributed by atoms with Gasteiger partial charge in [-0.25, -0.2) is 0 Å². The van der Waals surface area contributed by atoms with Crippen LogP contribution in [0.25, 0.3) is 22.2 Å². The summed E-state index contributed by atoms with van der Waals surface area (Å²) in [5, 5.41) is 4.11. The fourth-order valence-corrected chi connectivity index (χ4v) is 4.65. The van der Waals surface area contributed by atoms with Crippen molar-refractivity contribution < 1.29 is 23.4 Å². The van der Waals surface area contributed by atoms with E-state index in [1.54, 1.807) is 49.8 Å². The zero-order valence-corrected chi connectivity index (χ0v) is 20.9. The van der Waals surface area contributed by atoms with Gasteiger partial charge in [0, 0.05) is 11.6 Å². The lowest BCUT2D eigenvalue weighted by atomic mass is 10.1. The minimum Gasteiger partial charge on any atom is -0.497 e. The molecule has 0 atom stereocenters. The molecule has 0 aliphatic carbocycles. The van der Waals surface area contributed by atoms with Crippen LogP contribution in [0, 0.1) is 0 Å². The van der Waals surface area contributed by atoms with E-state index in [1.807, 2.05) is 41.8 Å². The van der Waals surface area contributed by atoms with E-state index in [0.29, 0.717) is 33.9 Å². The molecule has 0 aliphatic heterocycles. The Morgan fingerprint density at radius 1 is 0.917 bits per heavy atom. The summed E-state index contributed by atoms with van der Waals surface area (Å²) in [6.07, 6.45) is 0. The first-order valence-electron chi connectivity index (χ1n) is 11.2. The number of para-hydroxylation sites is 1. The average molecular weight is 501 g/mol. The number of methoxy groups -OCH3 is 3. The quantitative estimate of drug-likeness (QED) is 0.244. The largest absolute Gasteiger partial charge is 0.497 e. The Morgan fingerprint density at radius 3 is 2.50 bits per heavy atom. The highest BCUT2D eigenvalue weighted by molar-refractivity contribution is 7.08. The number of aromatic nitrogens is 1. The van der Waals surface area contributed by atoms with Crippen molar-refractivity contribution in [2.45, 2.75) is 6.54 Å². The molecule has 8 heteroatoms. The van der Waals surface area contributed by atoms with Gasteiger partial charge in [0.2, 0.25) is 0 Å². The first-order chi connectivity index (χ1) is 17.6. The van der Waals surface area contributed by atoms with Gasteiger partial charge in [0.1, 0.15) is 22.8 Å². The summed E-state index contributed by atoms with van der Waals surface area (Å²) in [6, 6.07) is 20.6. The summed E-state index contributed by atoms with van der Waals surface area (Å²) in [7, 11) is 4.71. The van der Waals surface area contributed by atoms with E-state index in [1.165, 1.54) is 12.0 Å². The van der Waals surface area contributed by atoms with Gasteiger partial charge >= 0.3 is 6.01 Å². The topological polar surface area (TPSA) is 74.0 Å². The molecule has 7 nitrogen and oxygen atoms in total. The van der Waals surface area contributed by atoms with E-state index in [-0.39, 0.29) is 18.5 Å². The van der Waals surface area contributed by atoms with Crippen LogP contribution in [-0.2, 0) is 6.54 Å². The van der Waals surface area contributed by atoms with Crippen LogP contribution in [0.2, 0.25) is 0 Å². The van der Waals surface area contributed by atoms with Gasteiger partial charge < -0.3 is 18.6 Å². The Balaban J connectivity index is 1.60. The third-order valence-corrected chi connectivity index (χ3v) is 6.55. The average Bonchev–Trinajstić information content (AvgIpc) is 3.61. The number of anilines is 1. The molecule has 2 heterocycles. The van der Waals surface area contributed by atoms with Gasteiger partial charge in [-0.1, -0.05) is 18.2 Å². The van der Waals surface area contributed by atoms with Gasteiger partial charge in [-0.15, -0.1) is 0 Å². The van der Waals surface area contributed by atoms with E-state index in [2.05, 4.69) is 11.4 Å². The van der Waals surface area contributed by atoms with E-state index >= 15 is 0 Å². The zero-order chi connectivity index (χ0) is 25.1. The van der Waals surface area contributed by atoms with Crippen molar-refractivity contribution in [3.05, 3.63) is 88.6 Å². The molecule has 2 aromatic heterocycles. The predicted molar refractivity (Wildman–Crippen MR) is 140 cm³/mol. The Labute approximate surface area is 212 Å². The van der Waals surface area contributed by atoms with Crippen LogP contribution in [0.5, 0.6) is 17.2 Å². The normalized spacial score (nSPS) is 10.9. The first-order valence-corrected chi connectivity index (χ1v) is 12.1. The molecule has 0 fully saturated rings. The number of benzene rings is 3. The number of oxazole rings is 1. The highest BCUT2D eigenvalue weighted by Crippen LogP contribution is 2.33. The minimum absolute atomic E-state index is 0.161. The molecule has 1 amide bonds. The van der Waals surface area contributed by atoms with Crippen LogP contribution in [0.4, 0.5) is 6.01 Å². The lowest BCUT2D eigenvalue weighted by Crippen LogP contribution is -2.31. The molecule has 0 N–H and O–H groups in total. The SMILES string of the molecule is COc1ccc(CN(C(=O)c2ccccc2OC)c2nc3cc(-c4ccsc4)ccc3o2)c(OC)c1. The van der Waals surface area contributed by atoms with Crippen LogP contribution in [-0.4, -0.2) is 32.2 Å². The van der Waals surface area contributed by atoms with Crippen LogP contribution >= 0.6 is 11.3 Å². The lowest BCUT2D eigenvalue weighted by molar-refractivity contribution is 0.0977. The van der Waals surface area contributed by atoms with Crippen molar-refractivity contribution in [1.82, 2.24) is 4.98 Å². The number of nitrogens with zero attached hydrogens (tertiary/aromatic N) is 2. The summed E-state index contributed by atoms with van der Waals surface area (Å²) >= 11 is 1.63. The Kier molecular flexibility index (Phi) is 6.60. The van der Waals surface area contributed by atoms with Gasteiger partial charge in [0.25, 0.3) is 5.91 Å². The van der Waals surface area contributed by atoms with Crippen molar-refractivity contribution in [2.75, 3.05) is 26.2 Å². The molecule has 0 spiro atoms. The summed E-state index contributed by atoms with van der Waals surface area (Å²) in [5.41, 5.74) is 4.55. The highest BCUT2D eigenvalue weighted by Gasteiger charge is 2.27. The van der Waals surface area contributed by atoms with Gasteiger partial charge in [-0.05, 0) is 64.4 Å². The molecule has 0 saturated carbocycles. The molecule has 0 unspecified atom stereocenters. The van der Waals surface area contributed by atoms with E-state index in [4.69, 9.17) is 23.6 Å².